The molecule has 3 aromatic carbocycles. The van der Waals surface area contributed by atoms with Crippen LogP contribution in [-0.2, 0) is 16.1 Å². The number of aromatic nitrogens is 1. The predicted octanol–water partition coefficient (Wildman–Crippen LogP) is 8.22. The topological polar surface area (TPSA) is 92.7 Å². The summed E-state index contributed by atoms with van der Waals surface area (Å²) in [5.41, 5.74) is 4.51. The van der Waals surface area contributed by atoms with Gasteiger partial charge in [-0.05, 0) is 91.7 Å². The molecular weight excluding hydrogens is 603 g/mol. The highest BCUT2D eigenvalue weighted by molar-refractivity contribution is 8.01. The molecule has 0 radical (unpaired) electrons. The van der Waals surface area contributed by atoms with Crippen molar-refractivity contribution in [3.63, 3.8) is 0 Å². The third-order valence-corrected chi connectivity index (χ3v) is 12.4. The van der Waals surface area contributed by atoms with Gasteiger partial charge in [-0.1, -0.05) is 60.3 Å². The van der Waals surface area contributed by atoms with Gasteiger partial charge in [0, 0.05) is 29.0 Å². The number of benzene rings is 3. The summed E-state index contributed by atoms with van der Waals surface area (Å²) in [6, 6.07) is 23.9. The summed E-state index contributed by atoms with van der Waals surface area (Å²) in [5.74, 6) is 3.06. The number of aliphatic hydroxyl groups excluding tert-OH is 1. The molecule has 5 fully saturated rings. The molecule has 234 valence electrons. The van der Waals surface area contributed by atoms with Crippen molar-refractivity contribution in [2.75, 3.05) is 11.1 Å². The quantitative estimate of drug-likeness (QED) is 0.168. The van der Waals surface area contributed by atoms with Crippen LogP contribution in [0.1, 0.15) is 74.0 Å². The van der Waals surface area contributed by atoms with Gasteiger partial charge >= 0.3 is 6.03 Å². The highest BCUT2D eigenvalue weighted by atomic mass is 32.2. The first-order valence-electron chi connectivity index (χ1n) is 16.2. The number of amides is 2. The number of carbonyl (C=O) groups is 1. The van der Waals surface area contributed by atoms with E-state index in [1.807, 2.05) is 66.7 Å². The molecule has 7 nitrogen and oxygen atoms in total. The Morgan fingerprint density at radius 3 is 2.40 bits per heavy atom. The van der Waals surface area contributed by atoms with E-state index in [4.69, 9.17) is 14.5 Å². The van der Waals surface area contributed by atoms with E-state index in [1.54, 1.807) is 23.1 Å². The Kier molecular flexibility index (Phi) is 8.08. The Labute approximate surface area is 272 Å². The Morgan fingerprint density at radius 2 is 1.67 bits per heavy atom. The minimum Gasteiger partial charge on any atom is -0.392 e. The molecule has 9 rings (SSSR count). The van der Waals surface area contributed by atoms with Crippen LogP contribution in [0.5, 0.6) is 0 Å². The fraction of sp³-hybridized carbons (Fsp3) is 0.444. The number of hydrogen-bond acceptors (Lipinski definition) is 7. The number of aliphatic hydroxyl groups is 1. The molecule has 1 aromatic heterocycles. The molecule has 3 N–H and O–H groups in total. The third-order valence-electron chi connectivity index (χ3n) is 10.1. The number of rotatable bonds is 8. The summed E-state index contributed by atoms with van der Waals surface area (Å²) < 4.78 is 15.4. The summed E-state index contributed by atoms with van der Waals surface area (Å²) >= 11 is 3.43. The van der Waals surface area contributed by atoms with Crippen molar-refractivity contribution < 1.29 is 19.4 Å². The van der Waals surface area contributed by atoms with E-state index in [-0.39, 0.29) is 30.4 Å². The van der Waals surface area contributed by atoms with Gasteiger partial charge in [-0.3, -0.25) is 0 Å². The zero-order chi connectivity index (χ0) is 30.4. The van der Waals surface area contributed by atoms with E-state index in [0.717, 1.165) is 75.0 Å². The van der Waals surface area contributed by atoms with Crippen LogP contribution in [0.3, 0.4) is 0 Å². The predicted molar refractivity (Wildman–Crippen MR) is 178 cm³/mol. The van der Waals surface area contributed by atoms with Crippen LogP contribution in [0.2, 0.25) is 0 Å². The third kappa shape index (κ3) is 6.38. The second kappa shape index (κ2) is 12.3. The molecule has 4 aromatic rings. The number of ether oxygens (including phenoxy) is 2. The lowest BCUT2D eigenvalue weighted by atomic mass is 9.53. The van der Waals surface area contributed by atoms with Crippen LogP contribution in [0.25, 0.3) is 10.2 Å². The normalized spacial score (nSPS) is 30.4. The van der Waals surface area contributed by atoms with Gasteiger partial charge in [0.2, 0.25) is 0 Å². The first-order chi connectivity index (χ1) is 22.0. The van der Waals surface area contributed by atoms with Gasteiger partial charge in [0.25, 0.3) is 0 Å². The van der Waals surface area contributed by atoms with Gasteiger partial charge in [-0.15, -0.1) is 11.3 Å². The number of fused-ring (bicyclic) bond motifs is 1. The Hall–Kier alpha value is -2.95. The SMILES string of the molecule is O=C(Nc1cccc([C@@H]2O[C@H](CSc3nc4ccccc4s3)C[C@H](c3ccc(CO)cc3)O2)c1)NC12CC3CC(CC(C3)C1)C2. The standard InChI is InChI=1S/C36H39N3O4S2/c40-20-22-8-10-26(11-9-22)31-16-29(21-44-35-38-30-6-1-2-7-32(30)45-35)42-33(43-31)27-4-3-5-28(15-27)37-34(41)39-36-17-23-12-24(18-36)14-25(13-23)19-36/h1-11,15,23-25,29,31,33,40H,12-14,16-21H2,(H2,37,39,41)/t23?,24?,25?,29-,31+,33+,36?/m0/s1. The van der Waals surface area contributed by atoms with Crippen molar-refractivity contribution in [2.24, 2.45) is 17.8 Å². The minimum atomic E-state index is -0.588. The van der Waals surface area contributed by atoms with E-state index >= 15 is 0 Å². The highest BCUT2D eigenvalue weighted by Crippen LogP contribution is 2.55. The van der Waals surface area contributed by atoms with E-state index in [2.05, 4.69) is 16.7 Å². The summed E-state index contributed by atoms with van der Waals surface area (Å²) in [7, 11) is 0. The maximum Gasteiger partial charge on any atom is 0.319 e. The van der Waals surface area contributed by atoms with Crippen LogP contribution in [0.4, 0.5) is 10.5 Å². The van der Waals surface area contributed by atoms with Gasteiger partial charge in [0.05, 0.1) is 29.0 Å². The summed E-state index contributed by atoms with van der Waals surface area (Å²) in [5, 5.41) is 16.1. The zero-order valence-electron chi connectivity index (χ0n) is 25.2. The second-order valence-electron chi connectivity index (χ2n) is 13.5. The number of anilines is 1. The first-order valence-corrected chi connectivity index (χ1v) is 18.0. The van der Waals surface area contributed by atoms with Crippen molar-refractivity contribution in [2.45, 2.75) is 79.9 Å². The highest BCUT2D eigenvalue weighted by Gasteiger charge is 2.51. The maximum atomic E-state index is 13.3. The first kappa shape index (κ1) is 29.5. The lowest BCUT2D eigenvalue weighted by molar-refractivity contribution is -0.245. The lowest BCUT2D eigenvalue weighted by Gasteiger charge is -2.56. The molecule has 45 heavy (non-hydrogen) atoms. The molecule has 4 bridgehead atoms. The van der Waals surface area contributed by atoms with E-state index in [9.17, 15) is 9.90 Å². The molecule has 1 saturated heterocycles. The molecule has 0 spiro atoms. The molecule has 3 atom stereocenters. The van der Waals surface area contributed by atoms with Gasteiger partial charge in [-0.25, -0.2) is 9.78 Å². The van der Waals surface area contributed by atoms with Crippen molar-refractivity contribution in [1.29, 1.82) is 0 Å². The number of hydrogen-bond donors (Lipinski definition) is 3. The summed E-state index contributed by atoms with van der Waals surface area (Å²) in [6.07, 6.45) is 7.27. The number of thiazole rings is 1. The molecule has 2 amide bonds. The van der Waals surface area contributed by atoms with Crippen molar-refractivity contribution >= 4 is 45.0 Å². The van der Waals surface area contributed by atoms with Crippen LogP contribution in [-0.4, -0.2) is 33.5 Å². The Bertz CT molecular complexity index is 1610. The fourth-order valence-electron chi connectivity index (χ4n) is 8.53. The van der Waals surface area contributed by atoms with E-state index < -0.39 is 6.29 Å². The smallest absolute Gasteiger partial charge is 0.319 e. The number of carbonyl (C=O) groups excluding carboxylic acids is 1. The minimum absolute atomic E-state index is 0.00913. The van der Waals surface area contributed by atoms with Crippen molar-refractivity contribution in [3.8, 4) is 0 Å². The number of nitrogens with one attached hydrogen (secondary N) is 2. The fourth-order valence-corrected chi connectivity index (χ4v) is 10.6. The largest absolute Gasteiger partial charge is 0.392 e. The zero-order valence-corrected chi connectivity index (χ0v) is 26.8. The molecule has 2 heterocycles. The molecule has 4 aliphatic carbocycles. The molecule has 1 aliphatic heterocycles. The molecule has 9 heteroatoms. The Morgan fingerprint density at radius 1 is 0.911 bits per heavy atom. The van der Waals surface area contributed by atoms with Crippen molar-refractivity contribution in [1.82, 2.24) is 10.3 Å². The monoisotopic (exact) mass is 641 g/mol. The van der Waals surface area contributed by atoms with Gasteiger partial charge in [0.15, 0.2) is 10.6 Å². The maximum absolute atomic E-state index is 13.3. The molecular formula is C36H39N3O4S2. The molecule has 0 unspecified atom stereocenters. The molecule has 5 aliphatic rings. The summed E-state index contributed by atoms with van der Waals surface area (Å²) in [6.45, 7) is 0.00913. The summed E-state index contributed by atoms with van der Waals surface area (Å²) in [4.78, 5) is 18.1. The van der Waals surface area contributed by atoms with Crippen molar-refractivity contribution in [3.05, 3.63) is 89.5 Å². The van der Waals surface area contributed by atoms with Crippen LogP contribution in [0.15, 0.2) is 77.1 Å². The van der Waals surface area contributed by atoms with Gasteiger partial charge < -0.3 is 25.2 Å². The van der Waals surface area contributed by atoms with E-state index in [1.165, 1.54) is 24.0 Å². The van der Waals surface area contributed by atoms with Gasteiger partial charge in [-0.2, -0.15) is 0 Å². The second-order valence-corrected chi connectivity index (χ2v) is 15.8. The van der Waals surface area contributed by atoms with Gasteiger partial charge in [0.1, 0.15) is 0 Å². The number of thioether (sulfide) groups is 1. The van der Waals surface area contributed by atoms with Crippen LogP contribution >= 0.6 is 23.1 Å². The molecule has 4 saturated carbocycles. The average Bonchev–Trinajstić information content (AvgIpc) is 3.46. The number of nitrogens with zero attached hydrogens (tertiary/aromatic N) is 1. The lowest BCUT2D eigenvalue weighted by Crippen LogP contribution is -2.60. The number of para-hydroxylation sites is 1. The number of urea groups is 1. The van der Waals surface area contributed by atoms with Crippen LogP contribution < -0.4 is 10.6 Å². The van der Waals surface area contributed by atoms with E-state index in [0.29, 0.717) is 6.42 Å². The average molecular weight is 642 g/mol. The van der Waals surface area contributed by atoms with Crippen LogP contribution in [0, 0.1) is 17.8 Å². The Balaban J connectivity index is 0.978.